The summed E-state index contributed by atoms with van der Waals surface area (Å²) in [6.07, 6.45) is -7.22. The van der Waals surface area contributed by atoms with E-state index in [-0.39, 0.29) is 10.6 Å². The van der Waals surface area contributed by atoms with Gasteiger partial charge in [0.15, 0.2) is 5.75 Å². The summed E-state index contributed by atoms with van der Waals surface area (Å²) in [4.78, 5) is 0. The van der Waals surface area contributed by atoms with Crippen LogP contribution in [0.25, 0.3) is 11.1 Å². The molecule has 0 unspecified atom stereocenters. The largest absolute Gasteiger partial charge is 0.460 e. The summed E-state index contributed by atoms with van der Waals surface area (Å²) < 4.78 is 145. The Hall–Kier alpha value is -1.57. The molecule has 2 aromatic rings. The van der Waals surface area contributed by atoms with Gasteiger partial charge in [-0.25, -0.2) is 0 Å². The van der Waals surface area contributed by atoms with Crippen LogP contribution in [-0.4, -0.2) is 31.7 Å². The summed E-state index contributed by atoms with van der Waals surface area (Å²) in [5.41, 5.74) is -0.630. The van der Waals surface area contributed by atoms with Crippen molar-refractivity contribution in [3.05, 3.63) is 51.5 Å². The Balaban J connectivity index is 2.65. The highest BCUT2D eigenvalue weighted by atomic mass is 35.5. The first kappa shape index (κ1) is 26.7. The van der Waals surface area contributed by atoms with Crippen LogP contribution in [0.4, 0.5) is 39.5 Å². The van der Waals surface area contributed by atoms with Gasteiger partial charge in [-0.15, -0.1) is 0 Å². The molecule has 0 amide bonds. The lowest BCUT2D eigenvalue weighted by Crippen LogP contribution is -2.63. The zero-order chi connectivity index (χ0) is 24.9. The van der Waals surface area contributed by atoms with Crippen LogP contribution in [0.1, 0.15) is 0 Å². The standard InChI is InChI=1S/C16H6Cl3F9O3S/c17-8-3-1-7(2-4-8)12-10(19)5-9(18)6-11(12)31-32(29,30)16(27,28)14(22,23)13(20,21)15(24,25)26/h1-6H. The van der Waals surface area contributed by atoms with Gasteiger partial charge in [0.2, 0.25) is 0 Å². The molecule has 0 aromatic heterocycles. The second-order valence-electron chi connectivity index (χ2n) is 5.97. The smallest absolute Gasteiger partial charge is 0.377 e. The minimum atomic E-state index is -7.46. The molecular weight excluding hydrogens is 550 g/mol. The molecule has 3 nitrogen and oxygen atoms in total. The fourth-order valence-corrected chi connectivity index (χ4v) is 3.83. The van der Waals surface area contributed by atoms with E-state index >= 15 is 0 Å². The fourth-order valence-electron chi connectivity index (χ4n) is 2.20. The Morgan fingerprint density at radius 3 is 1.69 bits per heavy atom. The SMILES string of the molecule is O=S(=O)(Oc1cc(Cl)cc(Cl)c1-c1ccc(Cl)cc1)C(F)(F)C(F)(F)C(F)(F)C(F)(F)F. The van der Waals surface area contributed by atoms with Crippen molar-refractivity contribution in [3.8, 4) is 16.9 Å². The average Bonchev–Trinajstić information content (AvgIpc) is 2.60. The van der Waals surface area contributed by atoms with E-state index in [0.717, 1.165) is 18.2 Å². The molecule has 0 heterocycles. The summed E-state index contributed by atoms with van der Waals surface area (Å²) in [6.45, 7) is 0. The third kappa shape index (κ3) is 4.44. The van der Waals surface area contributed by atoms with Gasteiger partial charge >= 0.3 is 33.4 Å². The summed E-state index contributed by atoms with van der Waals surface area (Å²) in [5.74, 6) is -16.2. The lowest BCUT2D eigenvalue weighted by molar-refractivity contribution is -0.382. The van der Waals surface area contributed by atoms with Crippen molar-refractivity contribution in [1.82, 2.24) is 0 Å². The van der Waals surface area contributed by atoms with Crippen molar-refractivity contribution in [1.29, 1.82) is 0 Å². The third-order valence-electron chi connectivity index (χ3n) is 3.78. The Morgan fingerprint density at radius 2 is 1.22 bits per heavy atom. The minimum absolute atomic E-state index is 0.0861. The molecule has 0 fully saturated rings. The first-order valence-electron chi connectivity index (χ1n) is 7.65. The van der Waals surface area contributed by atoms with E-state index in [1.165, 1.54) is 12.1 Å². The van der Waals surface area contributed by atoms with Crippen LogP contribution < -0.4 is 4.18 Å². The van der Waals surface area contributed by atoms with Crippen LogP contribution in [0.3, 0.4) is 0 Å². The average molecular weight is 556 g/mol. The summed E-state index contributed by atoms with van der Waals surface area (Å²) in [7, 11) is -7.19. The molecule has 16 heteroatoms. The van der Waals surface area contributed by atoms with Crippen LogP contribution in [0.5, 0.6) is 5.75 Å². The molecule has 0 aliphatic rings. The quantitative estimate of drug-likeness (QED) is 0.275. The maximum Gasteiger partial charge on any atom is 0.460 e. The van der Waals surface area contributed by atoms with Crippen LogP contribution in [0.15, 0.2) is 36.4 Å². The molecule has 0 aliphatic carbocycles. The molecule has 2 aromatic carbocycles. The van der Waals surface area contributed by atoms with E-state index in [1.807, 2.05) is 0 Å². The highest BCUT2D eigenvalue weighted by Crippen LogP contribution is 2.55. The number of halogens is 12. The monoisotopic (exact) mass is 554 g/mol. The van der Waals surface area contributed by atoms with Gasteiger partial charge in [0.1, 0.15) is 0 Å². The van der Waals surface area contributed by atoms with Gasteiger partial charge in [0.05, 0.1) is 5.02 Å². The molecule has 0 bridgehead atoms. The highest BCUT2D eigenvalue weighted by Gasteiger charge is 2.86. The number of hydrogen-bond acceptors (Lipinski definition) is 3. The Morgan fingerprint density at radius 1 is 0.719 bits per heavy atom. The van der Waals surface area contributed by atoms with Gasteiger partial charge in [-0.3, -0.25) is 0 Å². The third-order valence-corrected chi connectivity index (χ3v) is 5.83. The topological polar surface area (TPSA) is 43.4 Å². The number of rotatable bonds is 6. The minimum Gasteiger partial charge on any atom is -0.377 e. The number of benzene rings is 2. The molecule has 0 spiro atoms. The number of hydrogen-bond donors (Lipinski definition) is 0. The predicted molar refractivity (Wildman–Crippen MR) is 97.4 cm³/mol. The van der Waals surface area contributed by atoms with E-state index in [0.29, 0.717) is 6.07 Å². The zero-order valence-electron chi connectivity index (χ0n) is 14.6. The predicted octanol–water partition coefficient (Wildman–Crippen LogP) is 7.45. The van der Waals surface area contributed by atoms with Crippen molar-refractivity contribution in [3.63, 3.8) is 0 Å². The van der Waals surface area contributed by atoms with Crippen molar-refractivity contribution < 1.29 is 52.1 Å². The molecule has 0 saturated carbocycles. The molecule has 2 rings (SSSR count). The fraction of sp³-hybridized carbons (Fsp3) is 0.250. The lowest BCUT2D eigenvalue weighted by Gasteiger charge is -2.32. The summed E-state index contributed by atoms with van der Waals surface area (Å²) >= 11 is 17.2. The molecule has 0 saturated heterocycles. The zero-order valence-corrected chi connectivity index (χ0v) is 17.7. The first-order chi connectivity index (χ1) is 14.3. The van der Waals surface area contributed by atoms with E-state index in [4.69, 9.17) is 34.8 Å². The van der Waals surface area contributed by atoms with Gasteiger partial charge < -0.3 is 4.18 Å². The normalized spacial score (nSPS) is 13.9. The maximum absolute atomic E-state index is 14.0. The van der Waals surface area contributed by atoms with Gasteiger partial charge in [-0.2, -0.15) is 47.9 Å². The summed E-state index contributed by atoms with van der Waals surface area (Å²) in [6, 6.07) is 6.19. The molecule has 32 heavy (non-hydrogen) atoms. The second-order valence-corrected chi connectivity index (χ2v) is 8.84. The number of alkyl halides is 9. The molecule has 178 valence electrons. The first-order valence-corrected chi connectivity index (χ1v) is 10.2. The van der Waals surface area contributed by atoms with Gasteiger partial charge in [-0.05, 0) is 23.8 Å². The second kappa shape index (κ2) is 8.33. The van der Waals surface area contributed by atoms with Crippen molar-refractivity contribution in [2.45, 2.75) is 23.3 Å². The molecule has 0 N–H and O–H groups in total. The van der Waals surface area contributed by atoms with Crippen LogP contribution in [0.2, 0.25) is 15.1 Å². The van der Waals surface area contributed by atoms with Crippen LogP contribution in [0, 0.1) is 0 Å². The molecule has 0 radical (unpaired) electrons. The Labute approximate surface area is 188 Å². The van der Waals surface area contributed by atoms with E-state index in [2.05, 4.69) is 4.18 Å². The van der Waals surface area contributed by atoms with Crippen LogP contribution >= 0.6 is 34.8 Å². The Bertz CT molecular complexity index is 1120. The van der Waals surface area contributed by atoms with Gasteiger partial charge in [-0.1, -0.05) is 46.9 Å². The van der Waals surface area contributed by atoms with Crippen molar-refractivity contribution in [2.75, 3.05) is 0 Å². The van der Waals surface area contributed by atoms with Crippen LogP contribution in [-0.2, 0) is 10.1 Å². The van der Waals surface area contributed by atoms with Crippen molar-refractivity contribution in [2.24, 2.45) is 0 Å². The molecular formula is C16H6Cl3F9O3S. The summed E-state index contributed by atoms with van der Waals surface area (Å²) in [5, 5.41) is -7.85. The van der Waals surface area contributed by atoms with Crippen molar-refractivity contribution >= 4 is 44.9 Å². The van der Waals surface area contributed by atoms with E-state index in [9.17, 15) is 47.9 Å². The van der Waals surface area contributed by atoms with E-state index in [1.54, 1.807) is 0 Å². The maximum atomic E-state index is 14.0. The van der Waals surface area contributed by atoms with E-state index < -0.39 is 54.8 Å². The van der Waals surface area contributed by atoms with Gasteiger partial charge in [0, 0.05) is 21.7 Å². The Kier molecular flexibility index (Phi) is 6.95. The highest BCUT2D eigenvalue weighted by molar-refractivity contribution is 7.88. The van der Waals surface area contributed by atoms with Gasteiger partial charge in [0.25, 0.3) is 0 Å². The molecule has 0 atom stereocenters. The lowest BCUT2D eigenvalue weighted by atomic mass is 10.0. The molecule has 0 aliphatic heterocycles.